The van der Waals surface area contributed by atoms with Crippen LogP contribution in [0.2, 0.25) is 0 Å². The average molecular weight is 393 g/mol. The maximum atomic E-state index is 12.9. The zero-order valence-corrected chi connectivity index (χ0v) is 16.2. The van der Waals surface area contributed by atoms with Crippen molar-refractivity contribution in [2.75, 3.05) is 13.6 Å². The van der Waals surface area contributed by atoms with E-state index in [9.17, 15) is 4.21 Å². The fourth-order valence-corrected chi connectivity index (χ4v) is 4.14. The molecule has 0 aliphatic carbocycles. The quantitative estimate of drug-likeness (QED) is 0.538. The second-order valence-electron chi connectivity index (χ2n) is 5.42. The summed E-state index contributed by atoms with van der Waals surface area (Å²) in [5.74, 6) is 0. The molecule has 0 saturated heterocycles. The van der Waals surface area contributed by atoms with Crippen LogP contribution in [0.15, 0.2) is 55.7 Å². The van der Waals surface area contributed by atoms with E-state index in [1.54, 1.807) is 0 Å². The highest BCUT2D eigenvalue weighted by atomic mass is 79.9. The first-order valence-corrected chi connectivity index (χ1v) is 9.40. The lowest BCUT2D eigenvalue weighted by Crippen LogP contribution is -2.14. The topological polar surface area (TPSA) is 32.7 Å². The van der Waals surface area contributed by atoms with Gasteiger partial charge in [-0.25, -0.2) is 9.20 Å². The van der Waals surface area contributed by atoms with Crippen molar-refractivity contribution in [3.63, 3.8) is 0 Å². The molecule has 0 fully saturated rings. The smallest absolute Gasteiger partial charge is 0.0909 e. The fourth-order valence-electron chi connectivity index (χ4n) is 2.05. The molecule has 3 nitrogen and oxygen atoms in total. The lowest BCUT2D eigenvalue weighted by Gasteiger charge is -2.12. The largest absolute Gasteiger partial charge is 0.366 e. The van der Waals surface area contributed by atoms with Crippen molar-refractivity contribution < 1.29 is 4.21 Å². The number of rotatable bonds is 5. The number of hydrogen-bond donors (Lipinski definition) is 0. The first kappa shape index (κ1) is 17.9. The van der Waals surface area contributed by atoms with Crippen LogP contribution in [0.4, 0.5) is 5.69 Å². The molecule has 1 unspecified atom stereocenters. The van der Waals surface area contributed by atoms with Gasteiger partial charge in [-0.2, -0.15) is 0 Å². The van der Waals surface area contributed by atoms with Crippen LogP contribution in [-0.2, 0) is 10.8 Å². The molecule has 122 valence electrons. The van der Waals surface area contributed by atoms with Crippen LogP contribution in [-0.4, -0.2) is 29.0 Å². The Kier molecular flexibility index (Phi) is 6.13. The van der Waals surface area contributed by atoms with E-state index >= 15 is 0 Å². The van der Waals surface area contributed by atoms with Crippen molar-refractivity contribution in [1.82, 2.24) is 4.90 Å². The van der Waals surface area contributed by atoms with Crippen LogP contribution < -0.4 is 0 Å². The Morgan fingerprint density at radius 3 is 2.52 bits per heavy atom. The predicted molar refractivity (Wildman–Crippen MR) is 101 cm³/mol. The average Bonchev–Trinajstić information content (AvgIpc) is 2.54. The minimum atomic E-state index is -1.21. The molecule has 0 heterocycles. The van der Waals surface area contributed by atoms with Crippen molar-refractivity contribution in [2.45, 2.75) is 30.6 Å². The van der Waals surface area contributed by atoms with E-state index in [2.05, 4.69) is 27.8 Å². The lowest BCUT2D eigenvalue weighted by molar-refractivity contribution is 0.552. The van der Waals surface area contributed by atoms with E-state index < -0.39 is 10.8 Å². The second kappa shape index (κ2) is 7.88. The maximum Gasteiger partial charge on any atom is 0.0909 e. The minimum absolute atomic E-state index is 0.777. The number of halogens is 1. The number of aliphatic imine (C=N–C) groups is 1. The van der Waals surface area contributed by atoms with Crippen molar-refractivity contribution in [3.05, 3.63) is 52.0 Å². The standard InChI is InChI=1S/C18H21BrN2OS/c1-5-21(4)12-20-16-11-15(19)18(10-14(16)3)23(22)17-9-7-6-8-13(17)2/h6-12H,5H2,1-4H3. The first-order chi connectivity index (χ1) is 10.9. The molecule has 1 atom stereocenters. The van der Waals surface area contributed by atoms with Gasteiger partial charge in [0.15, 0.2) is 0 Å². The molecule has 0 aromatic heterocycles. The number of aryl methyl sites for hydroxylation is 2. The predicted octanol–water partition coefficient (Wildman–Crippen LogP) is 4.84. The van der Waals surface area contributed by atoms with Crippen LogP contribution in [0.5, 0.6) is 0 Å². The molecule has 0 radical (unpaired) electrons. The fraction of sp³-hybridized carbons (Fsp3) is 0.278. The third-order valence-corrected chi connectivity index (χ3v) is 6.15. The highest BCUT2D eigenvalue weighted by molar-refractivity contribution is 9.10. The van der Waals surface area contributed by atoms with Gasteiger partial charge in [0, 0.05) is 23.0 Å². The Morgan fingerprint density at radius 1 is 1.17 bits per heavy atom. The summed E-state index contributed by atoms with van der Waals surface area (Å²) >= 11 is 3.55. The number of nitrogens with zero attached hydrogens (tertiary/aromatic N) is 2. The molecule has 0 saturated carbocycles. The third kappa shape index (κ3) is 4.30. The molecule has 0 aliphatic rings. The normalized spacial score (nSPS) is 12.6. The summed E-state index contributed by atoms with van der Waals surface area (Å²) < 4.78 is 13.7. The summed E-state index contributed by atoms with van der Waals surface area (Å²) in [4.78, 5) is 8.13. The summed E-state index contributed by atoms with van der Waals surface area (Å²) in [7, 11) is 0.770. The van der Waals surface area contributed by atoms with Gasteiger partial charge in [-0.1, -0.05) is 18.2 Å². The lowest BCUT2D eigenvalue weighted by atomic mass is 10.2. The van der Waals surface area contributed by atoms with Crippen LogP contribution in [0.3, 0.4) is 0 Å². The highest BCUT2D eigenvalue weighted by Gasteiger charge is 2.15. The summed E-state index contributed by atoms with van der Waals surface area (Å²) in [6.45, 7) is 6.94. The van der Waals surface area contributed by atoms with Gasteiger partial charge in [0.1, 0.15) is 0 Å². The summed E-state index contributed by atoms with van der Waals surface area (Å²) in [6, 6.07) is 11.6. The Hall–Kier alpha value is -1.46. The molecular formula is C18H21BrN2OS. The molecular weight excluding hydrogens is 372 g/mol. The molecule has 0 bridgehead atoms. The zero-order chi connectivity index (χ0) is 17.0. The number of benzene rings is 2. The van der Waals surface area contributed by atoms with E-state index in [0.29, 0.717) is 0 Å². The van der Waals surface area contributed by atoms with Crippen molar-refractivity contribution in [2.24, 2.45) is 4.99 Å². The summed E-state index contributed by atoms with van der Waals surface area (Å²) in [5, 5.41) is 0. The Balaban J connectivity index is 2.39. The van der Waals surface area contributed by atoms with Gasteiger partial charge in [0.2, 0.25) is 0 Å². The SMILES string of the molecule is CCN(C)C=Nc1cc(Br)c(S(=O)c2ccccc2C)cc1C. The van der Waals surface area contributed by atoms with E-state index in [1.165, 1.54) is 0 Å². The molecule has 2 rings (SSSR count). The van der Waals surface area contributed by atoms with Crippen LogP contribution in [0, 0.1) is 13.8 Å². The zero-order valence-electron chi connectivity index (χ0n) is 13.8. The van der Waals surface area contributed by atoms with Crippen LogP contribution in [0.25, 0.3) is 0 Å². The van der Waals surface area contributed by atoms with Gasteiger partial charge < -0.3 is 4.90 Å². The van der Waals surface area contributed by atoms with Crippen LogP contribution >= 0.6 is 15.9 Å². The first-order valence-electron chi connectivity index (χ1n) is 7.46. The van der Waals surface area contributed by atoms with Gasteiger partial charge in [-0.05, 0) is 66.0 Å². The number of hydrogen-bond acceptors (Lipinski definition) is 2. The van der Waals surface area contributed by atoms with E-state index in [1.807, 2.05) is 68.5 Å². The van der Waals surface area contributed by atoms with Gasteiger partial charge in [-0.3, -0.25) is 0 Å². The van der Waals surface area contributed by atoms with E-state index in [0.717, 1.165) is 37.6 Å². The molecule has 0 aliphatic heterocycles. The second-order valence-corrected chi connectivity index (χ2v) is 7.69. The van der Waals surface area contributed by atoms with Gasteiger partial charge in [0.05, 0.1) is 27.7 Å². The maximum absolute atomic E-state index is 12.9. The Bertz CT molecular complexity index is 759. The van der Waals surface area contributed by atoms with Crippen molar-refractivity contribution >= 4 is 38.8 Å². The molecule has 2 aromatic rings. The highest BCUT2D eigenvalue weighted by Crippen LogP contribution is 2.32. The summed E-state index contributed by atoms with van der Waals surface area (Å²) in [6.07, 6.45) is 1.81. The molecule has 0 N–H and O–H groups in total. The Morgan fingerprint density at radius 2 is 1.87 bits per heavy atom. The molecule has 2 aromatic carbocycles. The van der Waals surface area contributed by atoms with Crippen LogP contribution in [0.1, 0.15) is 18.1 Å². The third-order valence-electron chi connectivity index (χ3n) is 3.64. The molecule has 0 spiro atoms. The van der Waals surface area contributed by atoms with E-state index in [4.69, 9.17) is 0 Å². The monoisotopic (exact) mass is 392 g/mol. The summed E-state index contributed by atoms with van der Waals surface area (Å²) in [5.41, 5.74) is 2.91. The minimum Gasteiger partial charge on any atom is -0.366 e. The molecule has 5 heteroatoms. The van der Waals surface area contributed by atoms with Gasteiger partial charge in [0.25, 0.3) is 0 Å². The van der Waals surface area contributed by atoms with Crippen molar-refractivity contribution in [1.29, 1.82) is 0 Å². The van der Waals surface area contributed by atoms with Gasteiger partial charge >= 0.3 is 0 Å². The van der Waals surface area contributed by atoms with Crippen molar-refractivity contribution in [3.8, 4) is 0 Å². The Labute approximate surface area is 149 Å². The molecule has 23 heavy (non-hydrogen) atoms. The van der Waals surface area contributed by atoms with Gasteiger partial charge in [-0.15, -0.1) is 0 Å². The molecule has 0 amide bonds. The van der Waals surface area contributed by atoms with E-state index in [-0.39, 0.29) is 0 Å².